The highest BCUT2D eigenvalue weighted by Crippen LogP contribution is 2.42. The van der Waals surface area contributed by atoms with Crippen molar-refractivity contribution in [1.29, 1.82) is 0 Å². The van der Waals surface area contributed by atoms with E-state index in [-0.39, 0.29) is 17.0 Å². The van der Waals surface area contributed by atoms with E-state index in [0.717, 1.165) is 80.2 Å². The fourth-order valence-electron chi connectivity index (χ4n) is 6.32. The molecule has 2 aromatic carbocycles. The lowest BCUT2D eigenvalue weighted by atomic mass is 9.86. The molecule has 244 valence electrons. The molecule has 1 spiro atoms. The Bertz CT molecular complexity index is 1730. The van der Waals surface area contributed by atoms with Crippen molar-refractivity contribution in [1.82, 2.24) is 20.3 Å². The summed E-state index contributed by atoms with van der Waals surface area (Å²) < 4.78 is 32.8. The zero-order valence-corrected chi connectivity index (χ0v) is 26.3. The van der Waals surface area contributed by atoms with Crippen LogP contribution in [-0.2, 0) is 4.79 Å². The van der Waals surface area contributed by atoms with Crippen LogP contribution in [0.15, 0.2) is 53.3 Å². The first kappa shape index (κ1) is 32.1. The number of rotatable bonds is 5. The van der Waals surface area contributed by atoms with Crippen molar-refractivity contribution in [3.05, 3.63) is 63.9 Å². The van der Waals surface area contributed by atoms with Crippen molar-refractivity contribution >= 4 is 56.6 Å². The van der Waals surface area contributed by atoms with Gasteiger partial charge in [-0.25, -0.2) is 9.78 Å². The molecule has 3 aliphatic rings. The largest absolute Gasteiger partial charge is 0.490 e. The number of carbonyl (C=O) groups is 1. The molecule has 46 heavy (non-hydrogen) atoms. The number of piperidine rings is 1. The van der Waals surface area contributed by atoms with E-state index in [1.165, 1.54) is 17.0 Å². The Kier molecular flexibility index (Phi) is 9.12. The number of thiazole rings is 1. The number of hydrogen-bond donors (Lipinski definition) is 4. The minimum atomic E-state index is -5.08. The highest BCUT2D eigenvalue weighted by molar-refractivity contribution is 7.21. The minimum absolute atomic E-state index is 0.138. The molecule has 0 radical (unpaired) electrons. The smallest absolute Gasteiger partial charge is 0.475 e. The highest BCUT2D eigenvalue weighted by Gasteiger charge is 2.44. The maximum atomic E-state index is 13.7. The molecule has 1 unspecified atom stereocenters. The van der Waals surface area contributed by atoms with Crippen molar-refractivity contribution in [2.24, 2.45) is 5.41 Å². The Morgan fingerprint density at radius 1 is 1.07 bits per heavy atom. The van der Waals surface area contributed by atoms with Crippen LogP contribution in [-0.4, -0.2) is 77.5 Å². The van der Waals surface area contributed by atoms with Gasteiger partial charge in [-0.1, -0.05) is 23.7 Å². The Balaban J connectivity index is 0.000000480. The summed E-state index contributed by atoms with van der Waals surface area (Å²) in [4.78, 5) is 40.3. The number of fused-ring (bicyclic) bond motifs is 1. The molecule has 4 N–H and O–H groups in total. The third-order valence-corrected chi connectivity index (χ3v) is 9.97. The first-order chi connectivity index (χ1) is 22.0. The van der Waals surface area contributed by atoms with Gasteiger partial charge in [0, 0.05) is 54.9 Å². The SMILES string of the molecule is O=C(O)C(F)(F)F.O=c1[nH]c(N2CCC3(CCN(c4ccc(Cl)cc4)C3)C2)nc(N[C@@H]2CCCNC2)c1-c1nc2ccccc2s1. The van der Waals surface area contributed by atoms with Gasteiger partial charge in [-0.15, -0.1) is 11.3 Å². The summed E-state index contributed by atoms with van der Waals surface area (Å²) in [6, 6.07) is 16.4. The van der Waals surface area contributed by atoms with Gasteiger partial charge in [0.1, 0.15) is 16.4 Å². The molecule has 10 nitrogen and oxygen atoms in total. The van der Waals surface area contributed by atoms with Crippen LogP contribution in [0.5, 0.6) is 0 Å². The molecule has 2 atom stereocenters. The molecular formula is C31H33ClF3N7O3S. The number of alkyl halides is 3. The van der Waals surface area contributed by atoms with E-state index in [1.807, 2.05) is 36.4 Å². The third-order valence-electron chi connectivity index (χ3n) is 8.66. The second kappa shape index (κ2) is 13.1. The lowest BCUT2D eigenvalue weighted by molar-refractivity contribution is -0.192. The third kappa shape index (κ3) is 7.08. The van der Waals surface area contributed by atoms with Crippen LogP contribution in [0.1, 0.15) is 25.7 Å². The standard InChI is InChI=1S/C29H32ClN7OS.C2HF3O2/c30-19-7-9-21(10-8-19)36-14-11-29(17-36)12-15-37(18-29)28-34-25(32-20-4-3-13-31-16-20)24(26(38)35-28)27-33-22-5-1-2-6-23(22)39-27;3-2(4,5)1(6)7/h1-2,5-10,20,31H,3-4,11-18H2,(H2,32,34,35,38);(H,6,7)/t20-,29?;/m1./s1. The average molecular weight is 676 g/mol. The first-order valence-corrected chi connectivity index (χ1v) is 16.2. The molecule has 5 heterocycles. The molecule has 0 amide bonds. The number of nitrogens with zero attached hydrogens (tertiary/aromatic N) is 4. The quantitative estimate of drug-likeness (QED) is 0.214. The van der Waals surface area contributed by atoms with Gasteiger partial charge >= 0.3 is 12.1 Å². The summed E-state index contributed by atoms with van der Waals surface area (Å²) in [5.74, 6) is -1.47. The summed E-state index contributed by atoms with van der Waals surface area (Å²) in [5, 5.41) is 15.7. The van der Waals surface area contributed by atoms with Crippen LogP contribution in [0.2, 0.25) is 5.02 Å². The van der Waals surface area contributed by atoms with Gasteiger partial charge in [0.25, 0.3) is 5.56 Å². The molecule has 4 aromatic rings. The van der Waals surface area contributed by atoms with Crippen molar-refractivity contribution in [3.63, 3.8) is 0 Å². The van der Waals surface area contributed by atoms with Crippen LogP contribution in [0, 0.1) is 5.41 Å². The normalized spacial score (nSPS) is 21.4. The Labute approximate surface area is 271 Å². The zero-order valence-electron chi connectivity index (χ0n) is 24.7. The molecule has 0 bridgehead atoms. The van der Waals surface area contributed by atoms with Gasteiger partial charge in [-0.2, -0.15) is 18.2 Å². The molecular weight excluding hydrogens is 643 g/mol. The molecule has 3 aliphatic heterocycles. The number of H-pyrrole nitrogens is 1. The lowest BCUT2D eigenvalue weighted by Gasteiger charge is -2.27. The summed E-state index contributed by atoms with van der Waals surface area (Å²) in [6.45, 7) is 5.67. The van der Waals surface area contributed by atoms with E-state index < -0.39 is 12.1 Å². The van der Waals surface area contributed by atoms with Crippen LogP contribution in [0.25, 0.3) is 20.8 Å². The predicted octanol–water partition coefficient (Wildman–Crippen LogP) is 5.60. The Hall–Kier alpha value is -3.88. The van der Waals surface area contributed by atoms with E-state index in [9.17, 15) is 18.0 Å². The monoisotopic (exact) mass is 675 g/mol. The van der Waals surface area contributed by atoms with Gasteiger partial charge in [0.05, 0.1) is 10.2 Å². The first-order valence-electron chi connectivity index (χ1n) is 15.0. The van der Waals surface area contributed by atoms with Gasteiger partial charge in [-0.05, 0) is 68.6 Å². The molecule has 7 rings (SSSR count). The van der Waals surface area contributed by atoms with Crippen molar-refractivity contribution < 1.29 is 23.1 Å². The van der Waals surface area contributed by atoms with E-state index in [1.54, 1.807) is 0 Å². The average Bonchev–Trinajstić information content (AvgIpc) is 3.76. The van der Waals surface area contributed by atoms with Gasteiger partial charge in [0.2, 0.25) is 5.95 Å². The van der Waals surface area contributed by atoms with Gasteiger partial charge in [-0.3, -0.25) is 9.78 Å². The van der Waals surface area contributed by atoms with E-state index in [0.29, 0.717) is 22.3 Å². The number of aliphatic carboxylic acids is 1. The van der Waals surface area contributed by atoms with Crippen molar-refractivity contribution in [3.8, 4) is 10.6 Å². The van der Waals surface area contributed by atoms with Crippen LogP contribution in [0.3, 0.4) is 0 Å². The molecule has 3 fully saturated rings. The fraction of sp³-hybridized carbons (Fsp3) is 0.419. The number of carboxylic acid groups (broad SMARTS) is 1. The number of hydrogen-bond acceptors (Lipinski definition) is 9. The molecule has 2 aromatic heterocycles. The second-order valence-corrected chi connectivity index (χ2v) is 13.4. The summed E-state index contributed by atoms with van der Waals surface area (Å²) in [7, 11) is 0. The van der Waals surface area contributed by atoms with Crippen LogP contribution in [0.4, 0.5) is 30.6 Å². The van der Waals surface area contributed by atoms with E-state index >= 15 is 0 Å². The zero-order chi connectivity index (χ0) is 32.5. The maximum Gasteiger partial charge on any atom is 0.490 e. The van der Waals surface area contributed by atoms with E-state index in [2.05, 4.69) is 37.6 Å². The van der Waals surface area contributed by atoms with Crippen molar-refractivity contribution in [2.45, 2.75) is 37.9 Å². The lowest BCUT2D eigenvalue weighted by Crippen LogP contribution is -2.39. The number of benzene rings is 2. The molecule has 0 saturated carbocycles. The second-order valence-electron chi connectivity index (χ2n) is 11.9. The number of halogens is 4. The topological polar surface area (TPSA) is 126 Å². The number of aromatic amines is 1. The number of aromatic nitrogens is 3. The van der Waals surface area contributed by atoms with Crippen LogP contribution >= 0.6 is 22.9 Å². The van der Waals surface area contributed by atoms with E-state index in [4.69, 9.17) is 31.5 Å². The summed E-state index contributed by atoms with van der Waals surface area (Å²) in [5.41, 5.74) is 2.70. The summed E-state index contributed by atoms with van der Waals surface area (Å²) >= 11 is 7.65. The Morgan fingerprint density at radius 2 is 1.76 bits per heavy atom. The maximum absolute atomic E-state index is 13.7. The summed E-state index contributed by atoms with van der Waals surface area (Å²) in [6.07, 6.45) is -0.735. The highest BCUT2D eigenvalue weighted by atomic mass is 35.5. The minimum Gasteiger partial charge on any atom is -0.475 e. The number of para-hydroxylation sites is 1. The number of nitrogens with one attached hydrogen (secondary N) is 3. The molecule has 0 aliphatic carbocycles. The Morgan fingerprint density at radius 3 is 2.43 bits per heavy atom. The number of carboxylic acids is 1. The number of anilines is 3. The van der Waals surface area contributed by atoms with Crippen LogP contribution < -0.4 is 26.0 Å². The molecule has 3 saturated heterocycles. The van der Waals surface area contributed by atoms with Crippen molar-refractivity contribution in [2.75, 3.05) is 54.4 Å². The predicted molar refractivity (Wildman–Crippen MR) is 174 cm³/mol. The fourth-order valence-corrected chi connectivity index (χ4v) is 7.45. The van der Waals surface area contributed by atoms with Gasteiger partial charge < -0.3 is 25.5 Å². The molecule has 15 heteroatoms. The van der Waals surface area contributed by atoms with Gasteiger partial charge in [0.15, 0.2) is 0 Å².